The van der Waals surface area contributed by atoms with Crippen molar-refractivity contribution < 1.29 is 14.3 Å². The van der Waals surface area contributed by atoms with Crippen LogP contribution in [0.2, 0.25) is 0 Å². The van der Waals surface area contributed by atoms with Crippen LogP contribution in [0.3, 0.4) is 0 Å². The van der Waals surface area contributed by atoms with Crippen LogP contribution in [0, 0.1) is 6.92 Å². The Labute approximate surface area is 136 Å². The summed E-state index contributed by atoms with van der Waals surface area (Å²) < 4.78 is 5.20. The third kappa shape index (κ3) is 4.89. The molecule has 0 aromatic heterocycles. The van der Waals surface area contributed by atoms with Gasteiger partial charge >= 0.3 is 0 Å². The van der Waals surface area contributed by atoms with Gasteiger partial charge in [0.2, 0.25) is 5.91 Å². The van der Waals surface area contributed by atoms with Crippen molar-refractivity contribution in [1.29, 1.82) is 0 Å². The number of carbonyl (C=O) groups is 2. The Morgan fingerprint density at radius 2 is 2.00 bits per heavy atom. The van der Waals surface area contributed by atoms with E-state index in [9.17, 15) is 9.59 Å². The number of nitrogens with two attached hydrogens (primary N) is 1. The van der Waals surface area contributed by atoms with Gasteiger partial charge in [-0.15, -0.1) is 12.4 Å². The number of anilines is 1. The Bertz CT molecular complexity index is 531. The Morgan fingerprint density at radius 1 is 1.32 bits per heavy atom. The van der Waals surface area contributed by atoms with Crippen molar-refractivity contribution in [2.75, 3.05) is 38.6 Å². The van der Waals surface area contributed by atoms with Gasteiger partial charge in [-0.2, -0.15) is 0 Å². The Balaban J connectivity index is 0.00000242. The van der Waals surface area contributed by atoms with Crippen LogP contribution in [-0.2, 0) is 9.53 Å². The fourth-order valence-electron chi connectivity index (χ4n) is 2.23. The number of amides is 2. The van der Waals surface area contributed by atoms with Gasteiger partial charge in [0.25, 0.3) is 5.91 Å². The van der Waals surface area contributed by atoms with Gasteiger partial charge in [-0.25, -0.2) is 0 Å². The fraction of sp³-hybridized carbons (Fsp3) is 0.467. The minimum atomic E-state index is -0.199. The monoisotopic (exact) mass is 327 g/mol. The summed E-state index contributed by atoms with van der Waals surface area (Å²) in [6.07, 6.45) is 0.299. The van der Waals surface area contributed by atoms with E-state index in [1.165, 1.54) is 0 Å². The molecule has 0 saturated carbocycles. The molecule has 0 atom stereocenters. The summed E-state index contributed by atoms with van der Waals surface area (Å²) in [7, 11) is 0. The number of rotatable bonds is 4. The minimum Gasteiger partial charge on any atom is -0.399 e. The molecule has 1 aliphatic rings. The van der Waals surface area contributed by atoms with Crippen molar-refractivity contribution >= 4 is 29.9 Å². The molecule has 0 unspecified atom stereocenters. The van der Waals surface area contributed by atoms with Gasteiger partial charge in [-0.3, -0.25) is 9.59 Å². The SMILES string of the molecule is Cc1ccc(N)cc1C(=O)NCCC(=O)N1CCOCC1.Cl. The van der Waals surface area contributed by atoms with Gasteiger partial charge in [0, 0.05) is 37.3 Å². The molecule has 3 N–H and O–H groups in total. The summed E-state index contributed by atoms with van der Waals surface area (Å²) in [6.45, 7) is 4.60. The molecule has 0 spiro atoms. The lowest BCUT2D eigenvalue weighted by molar-refractivity contribution is -0.135. The summed E-state index contributed by atoms with van der Waals surface area (Å²) in [5, 5.41) is 2.76. The molecule has 22 heavy (non-hydrogen) atoms. The topological polar surface area (TPSA) is 84.7 Å². The molecule has 1 saturated heterocycles. The Hall–Kier alpha value is -1.79. The number of nitrogens with one attached hydrogen (secondary N) is 1. The highest BCUT2D eigenvalue weighted by molar-refractivity contribution is 5.96. The van der Waals surface area contributed by atoms with Crippen LogP contribution in [0.25, 0.3) is 0 Å². The van der Waals surface area contributed by atoms with Crippen LogP contribution in [0.15, 0.2) is 18.2 Å². The first-order valence-corrected chi connectivity index (χ1v) is 7.08. The standard InChI is InChI=1S/C15H21N3O3.ClH/c1-11-2-3-12(16)10-13(11)15(20)17-5-4-14(19)18-6-8-21-9-7-18;/h2-3,10H,4-9,16H2,1H3,(H,17,20);1H. The first-order chi connectivity index (χ1) is 10.1. The van der Waals surface area contributed by atoms with E-state index < -0.39 is 0 Å². The first-order valence-electron chi connectivity index (χ1n) is 7.08. The third-order valence-corrected chi connectivity index (χ3v) is 3.49. The maximum atomic E-state index is 12.1. The predicted molar refractivity (Wildman–Crippen MR) is 87.2 cm³/mol. The number of ether oxygens (including phenoxy) is 1. The molecule has 122 valence electrons. The number of aryl methyl sites for hydroxylation is 1. The molecule has 1 fully saturated rings. The summed E-state index contributed by atoms with van der Waals surface area (Å²) >= 11 is 0. The van der Waals surface area contributed by atoms with E-state index in [0.717, 1.165) is 5.56 Å². The van der Waals surface area contributed by atoms with Gasteiger partial charge < -0.3 is 20.7 Å². The van der Waals surface area contributed by atoms with Crippen LogP contribution < -0.4 is 11.1 Å². The smallest absolute Gasteiger partial charge is 0.251 e. The van der Waals surface area contributed by atoms with Crippen molar-refractivity contribution in [2.24, 2.45) is 0 Å². The lowest BCUT2D eigenvalue weighted by atomic mass is 10.1. The number of hydrogen-bond acceptors (Lipinski definition) is 4. The van der Waals surface area contributed by atoms with Gasteiger partial charge in [0.05, 0.1) is 13.2 Å². The highest BCUT2D eigenvalue weighted by Gasteiger charge is 2.17. The number of morpholine rings is 1. The van der Waals surface area contributed by atoms with E-state index in [1.807, 2.05) is 13.0 Å². The molecule has 1 heterocycles. The van der Waals surface area contributed by atoms with Crippen LogP contribution >= 0.6 is 12.4 Å². The molecule has 6 nitrogen and oxygen atoms in total. The molecule has 7 heteroatoms. The fourth-order valence-corrected chi connectivity index (χ4v) is 2.23. The molecule has 0 aliphatic carbocycles. The van der Waals surface area contributed by atoms with Crippen LogP contribution in [0.1, 0.15) is 22.3 Å². The highest BCUT2D eigenvalue weighted by Crippen LogP contribution is 2.12. The van der Waals surface area contributed by atoms with E-state index in [0.29, 0.717) is 50.5 Å². The number of carbonyl (C=O) groups excluding carboxylic acids is 2. The van der Waals surface area contributed by atoms with E-state index in [-0.39, 0.29) is 24.2 Å². The van der Waals surface area contributed by atoms with Crippen molar-refractivity contribution in [3.8, 4) is 0 Å². The lowest BCUT2D eigenvalue weighted by Gasteiger charge is -2.26. The largest absolute Gasteiger partial charge is 0.399 e. The molecule has 2 rings (SSSR count). The number of halogens is 1. The van der Waals surface area contributed by atoms with Gasteiger partial charge in [-0.1, -0.05) is 6.07 Å². The normalized spacial score (nSPS) is 14.1. The highest BCUT2D eigenvalue weighted by atomic mass is 35.5. The molecular weight excluding hydrogens is 306 g/mol. The van der Waals surface area contributed by atoms with Crippen LogP contribution in [0.5, 0.6) is 0 Å². The quantitative estimate of drug-likeness (QED) is 0.807. The number of nitrogen functional groups attached to an aromatic ring is 1. The number of hydrogen-bond donors (Lipinski definition) is 2. The van der Waals surface area contributed by atoms with Crippen molar-refractivity contribution in [1.82, 2.24) is 10.2 Å². The van der Waals surface area contributed by atoms with Crippen LogP contribution in [-0.4, -0.2) is 49.6 Å². The maximum Gasteiger partial charge on any atom is 0.251 e. The lowest BCUT2D eigenvalue weighted by Crippen LogP contribution is -2.42. The van der Waals surface area contributed by atoms with Crippen molar-refractivity contribution in [3.63, 3.8) is 0 Å². The zero-order valence-corrected chi connectivity index (χ0v) is 13.4. The van der Waals surface area contributed by atoms with Gasteiger partial charge in [-0.05, 0) is 24.6 Å². The Morgan fingerprint density at radius 3 is 2.68 bits per heavy atom. The van der Waals surface area contributed by atoms with Crippen LogP contribution in [0.4, 0.5) is 5.69 Å². The van der Waals surface area contributed by atoms with E-state index >= 15 is 0 Å². The summed E-state index contributed by atoms with van der Waals surface area (Å²) in [5.41, 5.74) is 7.65. The van der Waals surface area contributed by atoms with E-state index in [4.69, 9.17) is 10.5 Å². The number of nitrogens with zero attached hydrogens (tertiary/aromatic N) is 1. The summed E-state index contributed by atoms with van der Waals surface area (Å²) in [5.74, 6) is -0.155. The molecule has 0 radical (unpaired) electrons. The molecule has 2 amide bonds. The van der Waals surface area contributed by atoms with Crippen molar-refractivity contribution in [2.45, 2.75) is 13.3 Å². The second kappa shape index (κ2) is 8.60. The summed E-state index contributed by atoms with van der Waals surface area (Å²) in [4.78, 5) is 25.8. The molecular formula is C15H22ClN3O3. The van der Waals surface area contributed by atoms with E-state index in [2.05, 4.69) is 5.32 Å². The second-order valence-electron chi connectivity index (χ2n) is 5.07. The molecule has 1 aromatic carbocycles. The van der Waals surface area contributed by atoms with Gasteiger partial charge in [0.15, 0.2) is 0 Å². The molecule has 1 aliphatic heterocycles. The minimum absolute atomic E-state index is 0. The zero-order chi connectivity index (χ0) is 15.2. The third-order valence-electron chi connectivity index (χ3n) is 3.49. The average molecular weight is 328 g/mol. The first kappa shape index (κ1) is 18.3. The second-order valence-corrected chi connectivity index (χ2v) is 5.07. The van der Waals surface area contributed by atoms with Gasteiger partial charge in [0.1, 0.15) is 0 Å². The Kier molecular flexibility index (Phi) is 7.14. The predicted octanol–water partition coefficient (Wildman–Crippen LogP) is 0.978. The summed E-state index contributed by atoms with van der Waals surface area (Å²) in [6, 6.07) is 5.21. The van der Waals surface area contributed by atoms with Crippen molar-refractivity contribution in [3.05, 3.63) is 29.3 Å². The number of benzene rings is 1. The van der Waals surface area contributed by atoms with E-state index in [1.54, 1.807) is 17.0 Å². The maximum absolute atomic E-state index is 12.1. The zero-order valence-electron chi connectivity index (χ0n) is 12.6. The molecule has 0 bridgehead atoms. The average Bonchev–Trinajstić information content (AvgIpc) is 2.50. The molecule has 1 aromatic rings.